The standard InChI is InChI=1S/C10H11NO2.ClH/c1-2-7-13-10(12)8-3-5-9(11)6-4-8;/h2-6H,1,7,11H2;1H. The van der Waals surface area contributed by atoms with Crippen LogP contribution in [-0.4, -0.2) is 12.6 Å². The number of esters is 1. The number of hydrogen-bond donors (Lipinski definition) is 1. The van der Waals surface area contributed by atoms with Crippen LogP contribution in [-0.2, 0) is 4.74 Å². The van der Waals surface area contributed by atoms with Crippen molar-refractivity contribution in [3.63, 3.8) is 0 Å². The molecule has 0 aliphatic carbocycles. The molecule has 14 heavy (non-hydrogen) atoms. The molecule has 0 bridgehead atoms. The lowest BCUT2D eigenvalue weighted by Gasteiger charge is -2.01. The van der Waals surface area contributed by atoms with Crippen molar-refractivity contribution in [3.05, 3.63) is 42.5 Å². The number of nitrogen functional groups attached to an aromatic ring is 1. The smallest absolute Gasteiger partial charge is 0.338 e. The number of carbonyl (C=O) groups is 1. The van der Waals surface area contributed by atoms with Crippen molar-refractivity contribution in [1.29, 1.82) is 0 Å². The van der Waals surface area contributed by atoms with E-state index in [4.69, 9.17) is 10.5 Å². The molecule has 0 radical (unpaired) electrons. The molecule has 4 heteroatoms. The van der Waals surface area contributed by atoms with Crippen molar-refractivity contribution in [3.8, 4) is 0 Å². The van der Waals surface area contributed by atoms with Gasteiger partial charge in [-0.15, -0.1) is 12.4 Å². The Morgan fingerprint density at radius 1 is 1.43 bits per heavy atom. The molecular formula is C10H12ClNO2. The molecule has 1 rings (SSSR count). The fourth-order valence-corrected chi connectivity index (χ4v) is 0.837. The predicted octanol–water partition coefficient (Wildman–Crippen LogP) is 2.03. The Balaban J connectivity index is 0.00000169. The second-order valence-electron chi connectivity index (χ2n) is 2.51. The highest BCUT2D eigenvalue weighted by molar-refractivity contribution is 5.89. The molecule has 0 heterocycles. The van der Waals surface area contributed by atoms with Crippen molar-refractivity contribution in [2.45, 2.75) is 0 Å². The maximum absolute atomic E-state index is 11.2. The van der Waals surface area contributed by atoms with Crippen LogP contribution in [0.15, 0.2) is 36.9 Å². The van der Waals surface area contributed by atoms with E-state index in [0.717, 1.165) is 0 Å². The molecule has 0 amide bonds. The first-order valence-corrected chi connectivity index (χ1v) is 3.87. The second kappa shape index (κ2) is 6.05. The maximum atomic E-state index is 11.2. The predicted molar refractivity (Wildman–Crippen MR) is 58.6 cm³/mol. The Morgan fingerprint density at radius 2 is 2.00 bits per heavy atom. The Bertz CT molecular complexity index is 308. The molecule has 0 aliphatic rings. The molecule has 0 aliphatic heterocycles. The van der Waals surface area contributed by atoms with Gasteiger partial charge in [0, 0.05) is 5.69 Å². The van der Waals surface area contributed by atoms with Gasteiger partial charge in [0.2, 0.25) is 0 Å². The molecule has 0 aromatic heterocycles. The van der Waals surface area contributed by atoms with Gasteiger partial charge in [-0.1, -0.05) is 12.7 Å². The van der Waals surface area contributed by atoms with Gasteiger partial charge in [0.1, 0.15) is 6.61 Å². The summed E-state index contributed by atoms with van der Waals surface area (Å²) in [6.07, 6.45) is 1.52. The zero-order valence-corrected chi connectivity index (χ0v) is 8.42. The largest absolute Gasteiger partial charge is 0.458 e. The minimum Gasteiger partial charge on any atom is -0.458 e. The fraction of sp³-hybridized carbons (Fsp3) is 0.100. The third-order valence-electron chi connectivity index (χ3n) is 1.48. The average Bonchev–Trinajstić information content (AvgIpc) is 2.15. The van der Waals surface area contributed by atoms with E-state index >= 15 is 0 Å². The summed E-state index contributed by atoms with van der Waals surface area (Å²) in [7, 11) is 0. The summed E-state index contributed by atoms with van der Waals surface area (Å²) < 4.78 is 4.82. The van der Waals surface area contributed by atoms with E-state index in [1.165, 1.54) is 6.08 Å². The van der Waals surface area contributed by atoms with Gasteiger partial charge in [0.15, 0.2) is 0 Å². The van der Waals surface area contributed by atoms with Crippen LogP contribution in [0, 0.1) is 0 Å². The van der Waals surface area contributed by atoms with E-state index in [1.54, 1.807) is 24.3 Å². The first kappa shape index (κ1) is 12.5. The van der Waals surface area contributed by atoms with Gasteiger partial charge in [0.25, 0.3) is 0 Å². The Kier molecular flexibility index (Phi) is 5.41. The first-order valence-electron chi connectivity index (χ1n) is 3.87. The summed E-state index contributed by atoms with van der Waals surface area (Å²) in [6, 6.07) is 6.57. The quantitative estimate of drug-likeness (QED) is 0.475. The van der Waals surface area contributed by atoms with Crippen LogP contribution in [0.5, 0.6) is 0 Å². The Hall–Kier alpha value is -1.48. The number of anilines is 1. The number of hydrogen-bond acceptors (Lipinski definition) is 3. The van der Waals surface area contributed by atoms with Gasteiger partial charge < -0.3 is 10.5 Å². The van der Waals surface area contributed by atoms with Crippen molar-refractivity contribution >= 4 is 24.1 Å². The molecule has 3 nitrogen and oxygen atoms in total. The summed E-state index contributed by atoms with van der Waals surface area (Å²) in [4.78, 5) is 11.2. The van der Waals surface area contributed by atoms with Gasteiger partial charge >= 0.3 is 5.97 Å². The lowest BCUT2D eigenvalue weighted by atomic mass is 10.2. The summed E-state index contributed by atoms with van der Waals surface area (Å²) in [5.74, 6) is -0.361. The van der Waals surface area contributed by atoms with E-state index < -0.39 is 0 Å². The van der Waals surface area contributed by atoms with Gasteiger partial charge in [-0.3, -0.25) is 0 Å². The minimum absolute atomic E-state index is 0. The molecule has 2 N–H and O–H groups in total. The average molecular weight is 214 g/mol. The number of ether oxygens (including phenoxy) is 1. The van der Waals surface area contributed by atoms with Gasteiger partial charge in [0.05, 0.1) is 5.56 Å². The molecule has 0 saturated heterocycles. The number of halogens is 1. The molecule has 0 spiro atoms. The number of nitrogens with two attached hydrogens (primary N) is 1. The lowest BCUT2D eigenvalue weighted by molar-refractivity contribution is 0.0550. The second-order valence-corrected chi connectivity index (χ2v) is 2.51. The summed E-state index contributed by atoms with van der Waals surface area (Å²) >= 11 is 0. The maximum Gasteiger partial charge on any atom is 0.338 e. The number of carbonyl (C=O) groups excluding carboxylic acids is 1. The van der Waals surface area contributed by atoms with Crippen LogP contribution < -0.4 is 5.73 Å². The van der Waals surface area contributed by atoms with Gasteiger partial charge in [-0.2, -0.15) is 0 Å². The van der Waals surface area contributed by atoms with Gasteiger partial charge in [-0.25, -0.2) is 4.79 Å². The van der Waals surface area contributed by atoms with Crippen LogP contribution in [0.3, 0.4) is 0 Å². The SMILES string of the molecule is C=CCOC(=O)c1ccc(N)cc1.Cl. The van der Waals surface area contributed by atoms with E-state index in [2.05, 4.69) is 6.58 Å². The highest BCUT2D eigenvalue weighted by atomic mass is 35.5. The van der Waals surface area contributed by atoms with Crippen LogP contribution in [0.1, 0.15) is 10.4 Å². The van der Waals surface area contributed by atoms with Crippen molar-refractivity contribution < 1.29 is 9.53 Å². The Morgan fingerprint density at radius 3 is 2.50 bits per heavy atom. The number of rotatable bonds is 3. The topological polar surface area (TPSA) is 52.3 Å². The molecule has 1 aromatic rings. The van der Waals surface area contributed by atoms with Crippen LogP contribution in [0.25, 0.3) is 0 Å². The van der Waals surface area contributed by atoms with Crippen molar-refractivity contribution in [2.24, 2.45) is 0 Å². The molecule has 0 saturated carbocycles. The lowest BCUT2D eigenvalue weighted by Crippen LogP contribution is -2.04. The summed E-state index contributed by atoms with van der Waals surface area (Å²) in [5, 5.41) is 0. The fourth-order valence-electron chi connectivity index (χ4n) is 0.837. The molecule has 1 aromatic carbocycles. The normalized spacial score (nSPS) is 8.57. The van der Waals surface area contributed by atoms with E-state index in [1.807, 2.05) is 0 Å². The zero-order valence-electron chi connectivity index (χ0n) is 7.60. The highest BCUT2D eigenvalue weighted by Gasteiger charge is 2.04. The molecule has 76 valence electrons. The first-order chi connectivity index (χ1) is 6.24. The van der Waals surface area contributed by atoms with Crippen molar-refractivity contribution in [1.82, 2.24) is 0 Å². The number of benzene rings is 1. The van der Waals surface area contributed by atoms with Crippen LogP contribution in [0.4, 0.5) is 5.69 Å². The minimum atomic E-state index is -0.361. The summed E-state index contributed by atoms with van der Waals surface area (Å²) in [5.41, 5.74) is 6.58. The zero-order chi connectivity index (χ0) is 9.68. The van der Waals surface area contributed by atoms with E-state index in [9.17, 15) is 4.79 Å². The molecule has 0 fully saturated rings. The highest BCUT2D eigenvalue weighted by Crippen LogP contribution is 2.06. The van der Waals surface area contributed by atoms with Crippen LogP contribution in [0.2, 0.25) is 0 Å². The van der Waals surface area contributed by atoms with Crippen LogP contribution >= 0.6 is 12.4 Å². The van der Waals surface area contributed by atoms with E-state index in [0.29, 0.717) is 11.3 Å². The molecular weight excluding hydrogens is 202 g/mol. The van der Waals surface area contributed by atoms with E-state index in [-0.39, 0.29) is 25.0 Å². The third kappa shape index (κ3) is 3.49. The summed E-state index contributed by atoms with van der Waals surface area (Å²) in [6.45, 7) is 3.67. The van der Waals surface area contributed by atoms with Crippen molar-refractivity contribution in [2.75, 3.05) is 12.3 Å². The monoisotopic (exact) mass is 213 g/mol. The van der Waals surface area contributed by atoms with Gasteiger partial charge in [-0.05, 0) is 24.3 Å². The Labute approximate surface area is 89.0 Å². The molecule has 0 atom stereocenters. The third-order valence-corrected chi connectivity index (χ3v) is 1.48. The molecule has 0 unspecified atom stereocenters.